The van der Waals surface area contributed by atoms with Gasteiger partial charge in [-0.25, -0.2) is 4.79 Å². The first-order chi connectivity index (χ1) is 8.06. The fraction of sp³-hybridized carbons (Fsp3) is 0.462. The van der Waals surface area contributed by atoms with Crippen molar-refractivity contribution in [2.45, 2.75) is 26.3 Å². The smallest absolute Gasteiger partial charge is 0.330 e. The van der Waals surface area contributed by atoms with E-state index >= 15 is 0 Å². The van der Waals surface area contributed by atoms with Crippen molar-refractivity contribution in [2.24, 2.45) is 0 Å². The highest BCUT2D eigenvalue weighted by atomic mass is 79.9. The van der Waals surface area contributed by atoms with Crippen LogP contribution in [0.15, 0.2) is 28.7 Å². The quantitative estimate of drug-likeness (QED) is 0.850. The zero-order valence-corrected chi connectivity index (χ0v) is 12.0. The lowest BCUT2D eigenvalue weighted by atomic mass is 9.92. The van der Waals surface area contributed by atoms with Crippen LogP contribution in [0.3, 0.4) is 0 Å². The van der Waals surface area contributed by atoms with Crippen molar-refractivity contribution in [3.05, 3.63) is 34.3 Å². The number of hydrogen-bond donors (Lipinski definition) is 1. The highest BCUT2D eigenvalue weighted by Gasteiger charge is 2.37. The minimum Gasteiger partial charge on any atom is -0.464 e. The van der Waals surface area contributed by atoms with Crippen molar-refractivity contribution in [2.75, 3.05) is 13.2 Å². The van der Waals surface area contributed by atoms with Gasteiger partial charge in [0.05, 0.1) is 6.61 Å². The summed E-state index contributed by atoms with van der Waals surface area (Å²) in [5, 5.41) is 3.20. The molecule has 0 aliphatic carbocycles. The molecule has 1 aromatic carbocycles. The summed E-state index contributed by atoms with van der Waals surface area (Å²) in [5.74, 6) is -0.256. The van der Waals surface area contributed by atoms with E-state index in [2.05, 4.69) is 21.2 Å². The summed E-state index contributed by atoms with van der Waals surface area (Å²) in [6.07, 6.45) is 0. The van der Waals surface area contributed by atoms with E-state index < -0.39 is 5.54 Å². The van der Waals surface area contributed by atoms with Crippen LogP contribution in [0.25, 0.3) is 0 Å². The zero-order chi connectivity index (χ0) is 12.9. The van der Waals surface area contributed by atoms with E-state index in [1.54, 1.807) is 0 Å². The summed E-state index contributed by atoms with van der Waals surface area (Å²) < 4.78 is 6.05. The highest BCUT2D eigenvalue weighted by Crippen LogP contribution is 2.29. The summed E-state index contributed by atoms with van der Waals surface area (Å²) in [7, 11) is 0. The van der Waals surface area contributed by atoms with Gasteiger partial charge in [0.25, 0.3) is 0 Å². The van der Waals surface area contributed by atoms with E-state index in [0.29, 0.717) is 13.2 Å². The lowest BCUT2D eigenvalue weighted by Gasteiger charge is -2.29. The summed E-state index contributed by atoms with van der Waals surface area (Å²) in [5.41, 5.74) is 0.0745. The topological polar surface area (TPSA) is 38.3 Å². The Bertz CT molecular complexity index is 395. The summed E-state index contributed by atoms with van der Waals surface area (Å²) in [4.78, 5) is 12.1. The third kappa shape index (κ3) is 3.07. The number of carbonyl (C=O) groups excluding carboxylic acids is 1. The minimum atomic E-state index is -0.815. The van der Waals surface area contributed by atoms with Crippen LogP contribution in [-0.4, -0.2) is 19.1 Å². The molecule has 1 rings (SSSR count). The van der Waals surface area contributed by atoms with Crippen molar-refractivity contribution < 1.29 is 9.53 Å². The maximum absolute atomic E-state index is 12.1. The maximum atomic E-state index is 12.1. The van der Waals surface area contributed by atoms with E-state index in [1.165, 1.54) is 0 Å². The van der Waals surface area contributed by atoms with Crippen molar-refractivity contribution in [3.63, 3.8) is 0 Å². The number of ether oxygens (including phenoxy) is 1. The number of nitrogens with one attached hydrogen (secondary N) is 1. The highest BCUT2D eigenvalue weighted by molar-refractivity contribution is 9.10. The van der Waals surface area contributed by atoms with Crippen molar-refractivity contribution >= 4 is 21.9 Å². The van der Waals surface area contributed by atoms with E-state index in [1.807, 2.05) is 45.0 Å². The third-order valence-corrected chi connectivity index (χ3v) is 3.32. The second-order valence-electron chi connectivity index (χ2n) is 3.86. The van der Waals surface area contributed by atoms with Gasteiger partial charge < -0.3 is 4.74 Å². The van der Waals surface area contributed by atoms with E-state index in [-0.39, 0.29) is 5.97 Å². The normalized spacial score (nSPS) is 14.1. The Morgan fingerprint density at radius 2 is 2.06 bits per heavy atom. The van der Waals surface area contributed by atoms with Gasteiger partial charge in [0.15, 0.2) is 0 Å². The van der Waals surface area contributed by atoms with Crippen molar-refractivity contribution in [1.82, 2.24) is 5.32 Å². The lowest BCUT2D eigenvalue weighted by molar-refractivity contribution is -0.151. The van der Waals surface area contributed by atoms with Crippen LogP contribution in [0, 0.1) is 0 Å². The van der Waals surface area contributed by atoms with Gasteiger partial charge in [-0.2, -0.15) is 0 Å². The van der Waals surface area contributed by atoms with Gasteiger partial charge in [-0.15, -0.1) is 0 Å². The second kappa shape index (κ2) is 6.17. The summed E-state index contributed by atoms with van der Waals surface area (Å²) in [6.45, 7) is 6.69. The largest absolute Gasteiger partial charge is 0.464 e. The number of hydrogen-bond acceptors (Lipinski definition) is 3. The van der Waals surface area contributed by atoms with Crippen LogP contribution in [0.2, 0.25) is 0 Å². The molecule has 1 N–H and O–H groups in total. The first-order valence-corrected chi connectivity index (χ1v) is 6.52. The van der Waals surface area contributed by atoms with Crippen molar-refractivity contribution in [3.8, 4) is 0 Å². The van der Waals surface area contributed by atoms with Gasteiger partial charge in [0.2, 0.25) is 0 Å². The first-order valence-electron chi connectivity index (χ1n) is 5.73. The Morgan fingerprint density at radius 3 is 2.59 bits per heavy atom. The van der Waals surface area contributed by atoms with Gasteiger partial charge in [-0.1, -0.05) is 41.1 Å². The second-order valence-corrected chi connectivity index (χ2v) is 4.71. The van der Waals surface area contributed by atoms with E-state index in [0.717, 1.165) is 10.0 Å². The molecule has 0 radical (unpaired) electrons. The number of halogens is 1. The van der Waals surface area contributed by atoms with E-state index in [4.69, 9.17) is 4.74 Å². The van der Waals surface area contributed by atoms with E-state index in [9.17, 15) is 4.79 Å². The van der Waals surface area contributed by atoms with Crippen LogP contribution in [0.4, 0.5) is 0 Å². The molecular weight excluding hydrogens is 282 g/mol. The average Bonchev–Trinajstić information content (AvgIpc) is 2.30. The van der Waals surface area contributed by atoms with Gasteiger partial charge in [0, 0.05) is 4.47 Å². The molecule has 1 aromatic rings. The van der Waals surface area contributed by atoms with Crippen LogP contribution in [-0.2, 0) is 15.1 Å². The SMILES string of the molecule is CCNC(C)(C(=O)OCC)c1ccccc1Br. The molecule has 3 nitrogen and oxygen atoms in total. The fourth-order valence-corrected chi connectivity index (χ4v) is 2.45. The Morgan fingerprint density at radius 1 is 1.41 bits per heavy atom. The Hall–Kier alpha value is -0.870. The standard InChI is InChI=1S/C13H18BrNO2/c1-4-15-13(3,12(16)17-5-2)10-8-6-7-9-11(10)14/h6-9,15H,4-5H2,1-3H3. The zero-order valence-electron chi connectivity index (χ0n) is 10.4. The number of carbonyl (C=O) groups is 1. The minimum absolute atomic E-state index is 0.256. The molecule has 0 saturated carbocycles. The molecule has 0 fully saturated rings. The monoisotopic (exact) mass is 299 g/mol. The molecule has 17 heavy (non-hydrogen) atoms. The molecule has 0 spiro atoms. The molecule has 0 heterocycles. The molecule has 0 bridgehead atoms. The lowest BCUT2D eigenvalue weighted by Crippen LogP contribution is -2.47. The Labute approximate surface area is 111 Å². The first kappa shape index (κ1) is 14.2. The molecule has 0 aliphatic rings. The molecular formula is C13H18BrNO2. The van der Waals surface area contributed by atoms with Gasteiger partial charge >= 0.3 is 5.97 Å². The summed E-state index contributed by atoms with van der Waals surface area (Å²) >= 11 is 3.47. The predicted octanol–water partition coefficient (Wildman–Crippen LogP) is 2.84. The molecule has 0 amide bonds. The van der Waals surface area contributed by atoms with Crippen molar-refractivity contribution in [1.29, 1.82) is 0 Å². The van der Waals surface area contributed by atoms with Crippen LogP contribution in [0.5, 0.6) is 0 Å². The molecule has 4 heteroatoms. The number of likely N-dealkylation sites (N-methyl/N-ethyl adjacent to an activating group) is 1. The molecule has 94 valence electrons. The molecule has 1 atom stereocenters. The molecule has 0 aliphatic heterocycles. The van der Waals surface area contributed by atoms with Crippen LogP contribution < -0.4 is 5.32 Å². The Balaban J connectivity index is 3.15. The summed E-state index contributed by atoms with van der Waals surface area (Å²) in [6, 6.07) is 7.67. The molecule has 1 unspecified atom stereocenters. The fourth-order valence-electron chi connectivity index (χ4n) is 1.77. The van der Waals surface area contributed by atoms with Gasteiger partial charge in [0.1, 0.15) is 5.54 Å². The number of rotatable bonds is 5. The maximum Gasteiger partial charge on any atom is 0.330 e. The number of benzene rings is 1. The Kier molecular flexibility index (Phi) is 5.15. The molecule has 0 aromatic heterocycles. The van der Waals surface area contributed by atoms with Gasteiger partial charge in [-0.3, -0.25) is 5.32 Å². The number of esters is 1. The third-order valence-electron chi connectivity index (χ3n) is 2.63. The van der Waals surface area contributed by atoms with Crippen LogP contribution >= 0.6 is 15.9 Å². The predicted molar refractivity (Wildman–Crippen MR) is 71.8 cm³/mol. The molecule has 0 saturated heterocycles. The van der Waals surface area contributed by atoms with Gasteiger partial charge in [-0.05, 0) is 32.0 Å². The average molecular weight is 300 g/mol. The van der Waals surface area contributed by atoms with Crippen LogP contribution in [0.1, 0.15) is 26.3 Å².